The Labute approximate surface area is 126 Å². The molecule has 3 heteroatoms. The van der Waals surface area contributed by atoms with Gasteiger partial charge in [0.15, 0.2) is 0 Å². The van der Waals surface area contributed by atoms with Crippen molar-refractivity contribution in [2.45, 2.75) is 51.6 Å². The first-order chi connectivity index (χ1) is 10.3. The Balaban J connectivity index is 1.64. The van der Waals surface area contributed by atoms with Gasteiger partial charge < -0.3 is 14.3 Å². The molecule has 0 aliphatic carbocycles. The fourth-order valence-corrected chi connectivity index (χ4v) is 2.43. The van der Waals surface area contributed by atoms with E-state index in [1.807, 2.05) is 30.3 Å². The van der Waals surface area contributed by atoms with Gasteiger partial charge in [0.1, 0.15) is 17.4 Å². The van der Waals surface area contributed by atoms with E-state index in [2.05, 4.69) is 6.92 Å². The molecule has 1 N–H and O–H groups in total. The van der Waals surface area contributed by atoms with E-state index in [4.69, 9.17) is 9.15 Å². The van der Waals surface area contributed by atoms with Gasteiger partial charge in [0.25, 0.3) is 0 Å². The third-order valence-corrected chi connectivity index (χ3v) is 3.69. The fraction of sp³-hybridized carbons (Fsp3) is 0.556. The van der Waals surface area contributed by atoms with E-state index in [0.29, 0.717) is 19.0 Å². The van der Waals surface area contributed by atoms with Gasteiger partial charge >= 0.3 is 0 Å². The lowest BCUT2D eigenvalue weighted by molar-refractivity contribution is 0.0244. The first-order valence-corrected chi connectivity index (χ1v) is 8.05. The van der Waals surface area contributed by atoms with Crippen molar-refractivity contribution >= 4 is 11.0 Å². The molecule has 2 aromatic rings. The molecule has 1 atom stereocenters. The first kappa shape index (κ1) is 16.1. The quantitative estimate of drug-likeness (QED) is 0.636. The van der Waals surface area contributed by atoms with Crippen LogP contribution in [0.15, 0.2) is 34.7 Å². The Hall–Kier alpha value is -1.32. The summed E-state index contributed by atoms with van der Waals surface area (Å²) in [6.45, 7) is 3.24. The maximum atomic E-state index is 10.1. The molecule has 0 saturated heterocycles. The van der Waals surface area contributed by atoms with Crippen molar-refractivity contribution in [2.75, 3.05) is 13.2 Å². The van der Waals surface area contributed by atoms with E-state index < -0.39 is 6.10 Å². The molecule has 0 amide bonds. The van der Waals surface area contributed by atoms with Gasteiger partial charge in [-0.3, -0.25) is 0 Å². The van der Waals surface area contributed by atoms with Crippen molar-refractivity contribution in [3.63, 3.8) is 0 Å². The Bertz CT molecular complexity index is 485. The normalized spacial score (nSPS) is 12.9. The maximum absolute atomic E-state index is 10.1. The lowest BCUT2D eigenvalue weighted by Gasteiger charge is -2.08. The predicted octanol–water partition coefficient (Wildman–Crippen LogP) is 4.84. The summed E-state index contributed by atoms with van der Waals surface area (Å²) in [5, 5.41) is 11.1. The zero-order chi connectivity index (χ0) is 14.9. The number of rotatable bonds is 10. The standard InChI is InChI=1S/C18H26O3/c1-2-3-4-5-6-9-12-20-14-16(19)18-13-15-10-7-8-11-17(15)21-18/h7-8,10-11,13,16,19H,2-6,9,12,14H2,1H3. The van der Waals surface area contributed by atoms with Crippen molar-refractivity contribution in [1.29, 1.82) is 0 Å². The van der Waals surface area contributed by atoms with Crippen LogP contribution in [-0.4, -0.2) is 18.3 Å². The molecular formula is C18H26O3. The van der Waals surface area contributed by atoms with Crippen molar-refractivity contribution in [3.8, 4) is 0 Å². The molecule has 116 valence electrons. The molecule has 1 unspecified atom stereocenters. The highest BCUT2D eigenvalue weighted by Gasteiger charge is 2.13. The molecule has 0 radical (unpaired) electrons. The number of aliphatic hydroxyl groups is 1. The minimum absolute atomic E-state index is 0.300. The predicted molar refractivity (Wildman–Crippen MR) is 85.4 cm³/mol. The van der Waals surface area contributed by atoms with Crippen molar-refractivity contribution in [2.24, 2.45) is 0 Å². The van der Waals surface area contributed by atoms with Gasteiger partial charge in [-0.25, -0.2) is 0 Å². The van der Waals surface area contributed by atoms with E-state index >= 15 is 0 Å². The molecule has 1 heterocycles. The molecule has 1 aromatic carbocycles. The summed E-state index contributed by atoms with van der Waals surface area (Å²) in [6.07, 6.45) is 6.79. The summed E-state index contributed by atoms with van der Waals surface area (Å²) in [4.78, 5) is 0. The summed E-state index contributed by atoms with van der Waals surface area (Å²) >= 11 is 0. The fourth-order valence-electron chi connectivity index (χ4n) is 2.43. The van der Waals surface area contributed by atoms with Gasteiger partial charge in [-0.05, 0) is 18.6 Å². The van der Waals surface area contributed by atoms with Crippen LogP contribution in [0.5, 0.6) is 0 Å². The zero-order valence-corrected chi connectivity index (χ0v) is 12.9. The lowest BCUT2D eigenvalue weighted by atomic mass is 10.1. The van der Waals surface area contributed by atoms with Crippen molar-refractivity contribution in [1.82, 2.24) is 0 Å². The number of para-hydroxylation sites is 1. The van der Waals surface area contributed by atoms with E-state index in [-0.39, 0.29) is 0 Å². The van der Waals surface area contributed by atoms with Crippen LogP contribution in [0.4, 0.5) is 0 Å². The number of unbranched alkanes of at least 4 members (excludes halogenated alkanes) is 5. The number of ether oxygens (including phenoxy) is 1. The third-order valence-electron chi connectivity index (χ3n) is 3.69. The highest BCUT2D eigenvalue weighted by atomic mass is 16.5. The zero-order valence-electron chi connectivity index (χ0n) is 12.9. The van der Waals surface area contributed by atoms with Gasteiger partial charge in [0.05, 0.1) is 6.61 Å². The van der Waals surface area contributed by atoms with Gasteiger partial charge in [-0.2, -0.15) is 0 Å². The van der Waals surface area contributed by atoms with Gasteiger partial charge in [-0.1, -0.05) is 57.2 Å². The number of furan rings is 1. The van der Waals surface area contributed by atoms with Gasteiger partial charge in [0, 0.05) is 12.0 Å². The van der Waals surface area contributed by atoms with Crippen LogP contribution in [-0.2, 0) is 4.74 Å². The molecule has 0 spiro atoms. The van der Waals surface area contributed by atoms with Crippen molar-refractivity contribution in [3.05, 3.63) is 36.1 Å². The highest BCUT2D eigenvalue weighted by molar-refractivity contribution is 5.77. The SMILES string of the molecule is CCCCCCCCOCC(O)c1cc2ccccc2o1. The summed E-state index contributed by atoms with van der Waals surface area (Å²) in [6, 6.07) is 9.66. The first-order valence-electron chi connectivity index (χ1n) is 8.05. The van der Waals surface area contributed by atoms with E-state index in [0.717, 1.165) is 17.4 Å². The molecule has 0 aliphatic rings. The molecule has 0 saturated carbocycles. The summed E-state index contributed by atoms with van der Waals surface area (Å²) < 4.78 is 11.2. The molecule has 0 bridgehead atoms. The average molecular weight is 290 g/mol. The molecule has 21 heavy (non-hydrogen) atoms. The van der Waals surface area contributed by atoms with E-state index in [1.165, 1.54) is 32.1 Å². The van der Waals surface area contributed by atoms with Gasteiger partial charge in [0.2, 0.25) is 0 Å². The number of hydrogen-bond acceptors (Lipinski definition) is 3. The van der Waals surface area contributed by atoms with Crippen molar-refractivity contribution < 1.29 is 14.3 Å². The number of benzene rings is 1. The Kier molecular flexibility index (Phi) is 6.77. The summed E-state index contributed by atoms with van der Waals surface area (Å²) in [5.74, 6) is 0.583. The third kappa shape index (κ3) is 5.18. The van der Waals surface area contributed by atoms with Crippen LogP contribution in [0.1, 0.15) is 57.3 Å². The topological polar surface area (TPSA) is 42.6 Å². The molecule has 2 rings (SSSR count). The van der Waals surface area contributed by atoms with Crippen LogP contribution in [0, 0.1) is 0 Å². The molecule has 1 aromatic heterocycles. The summed E-state index contributed by atoms with van der Waals surface area (Å²) in [7, 11) is 0. The maximum Gasteiger partial charge on any atom is 0.136 e. The minimum Gasteiger partial charge on any atom is -0.458 e. The largest absolute Gasteiger partial charge is 0.458 e. The van der Waals surface area contributed by atoms with Gasteiger partial charge in [-0.15, -0.1) is 0 Å². The summed E-state index contributed by atoms with van der Waals surface area (Å²) in [5.41, 5.74) is 0.808. The lowest BCUT2D eigenvalue weighted by Crippen LogP contribution is -2.07. The second-order valence-electron chi connectivity index (χ2n) is 5.55. The highest BCUT2D eigenvalue weighted by Crippen LogP contribution is 2.23. The van der Waals surface area contributed by atoms with Crippen LogP contribution in [0.2, 0.25) is 0 Å². The number of aliphatic hydroxyl groups excluding tert-OH is 1. The monoisotopic (exact) mass is 290 g/mol. The molecule has 0 fully saturated rings. The van der Waals surface area contributed by atoms with Crippen LogP contribution >= 0.6 is 0 Å². The average Bonchev–Trinajstić information content (AvgIpc) is 2.94. The second-order valence-corrected chi connectivity index (χ2v) is 5.55. The van der Waals surface area contributed by atoms with Crippen LogP contribution in [0.3, 0.4) is 0 Å². The minimum atomic E-state index is -0.683. The Morgan fingerprint density at radius 3 is 2.67 bits per heavy atom. The van der Waals surface area contributed by atoms with Crippen LogP contribution in [0.25, 0.3) is 11.0 Å². The smallest absolute Gasteiger partial charge is 0.136 e. The second kappa shape index (κ2) is 8.85. The molecular weight excluding hydrogens is 264 g/mol. The number of fused-ring (bicyclic) bond motifs is 1. The van der Waals surface area contributed by atoms with Crippen LogP contribution < -0.4 is 0 Å². The Morgan fingerprint density at radius 1 is 1.10 bits per heavy atom. The Morgan fingerprint density at radius 2 is 1.86 bits per heavy atom. The molecule has 0 aliphatic heterocycles. The van der Waals surface area contributed by atoms with E-state index in [1.54, 1.807) is 0 Å². The number of hydrogen-bond donors (Lipinski definition) is 1. The van der Waals surface area contributed by atoms with E-state index in [9.17, 15) is 5.11 Å². The molecule has 3 nitrogen and oxygen atoms in total.